The maximum Gasteiger partial charge on any atom is 0.410 e. The molecule has 0 aromatic heterocycles. The summed E-state index contributed by atoms with van der Waals surface area (Å²) in [4.78, 5) is 24.5. The fourth-order valence-electron chi connectivity index (χ4n) is 2.10. The molecule has 102 valence electrons. The van der Waals surface area contributed by atoms with Crippen LogP contribution < -0.4 is 0 Å². The molecule has 0 aliphatic carbocycles. The normalized spacial score (nSPS) is 16.1. The third-order valence-electron chi connectivity index (χ3n) is 3.15. The van der Waals surface area contributed by atoms with Crippen molar-refractivity contribution in [3.63, 3.8) is 0 Å². The van der Waals surface area contributed by atoms with Crippen LogP contribution in [-0.2, 0) is 16.0 Å². The number of ether oxygens (including phenoxy) is 1. The first-order chi connectivity index (χ1) is 9.16. The molecule has 1 aliphatic rings. The van der Waals surface area contributed by atoms with Gasteiger partial charge >= 0.3 is 12.1 Å². The second-order valence-corrected chi connectivity index (χ2v) is 4.59. The number of carboxylic acid groups (broad SMARTS) is 1. The molecule has 0 spiro atoms. The van der Waals surface area contributed by atoms with E-state index in [0.29, 0.717) is 13.1 Å². The molecule has 5 nitrogen and oxygen atoms in total. The Bertz CT molecular complexity index is 440. The van der Waals surface area contributed by atoms with Gasteiger partial charge in [-0.2, -0.15) is 0 Å². The van der Waals surface area contributed by atoms with Gasteiger partial charge in [0, 0.05) is 19.5 Å². The minimum Gasteiger partial charge on any atom is -0.478 e. The number of amides is 1. The number of rotatable bonds is 4. The number of carboxylic acids is 1. The lowest BCUT2D eigenvalue weighted by Crippen LogP contribution is -2.36. The third kappa shape index (κ3) is 3.71. The summed E-state index contributed by atoms with van der Waals surface area (Å²) in [6.07, 6.45) is 0.434. The number of likely N-dealkylation sites (tertiary alicyclic amines) is 1. The van der Waals surface area contributed by atoms with E-state index in [-0.39, 0.29) is 6.42 Å². The lowest BCUT2D eigenvalue weighted by Gasteiger charge is -2.19. The van der Waals surface area contributed by atoms with Crippen molar-refractivity contribution in [1.82, 2.24) is 4.90 Å². The molecule has 1 aromatic carbocycles. The predicted octanol–water partition coefficient (Wildman–Crippen LogP) is 1.91. The quantitative estimate of drug-likeness (QED) is 0.901. The average Bonchev–Trinajstić information content (AvgIpc) is 2.93. The molecule has 1 atom stereocenters. The Morgan fingerprint density at radius 3 is 2.42 bits per heavy atom. The van der Waals surface area contributed by atoms with Gasteiger partial charge < -0.3 is 14.7 Å². The van der Waals surface area contributed by atoms with E-state index in [9.17, 15) is 9.59 Å². The summed E-state index contributed by atoms with van der Waals surface area (Å²) < 4.78 is 5.09. The Kier molecular flexibility index (Phi) is 4.39. The molecular formula is C14H17NO4. The van der Waals surface area contributed by atoms with E-state index in [2.05, 4.69) is 0 Å². The standard InChI is InChI=1S/C14H17NO4/c16-13(17)12(10-11-6-2-1-3-7-11)19-14(18)15-8-4-5-9-15/h1-3,6-7,12H,4-5,8-10H2,(H,16,17)/t12-/m1/s1. The monoisotopic (exact) mass is 263 g/mol. The fourth-order valence-corrected chi connectivity index (χ4v) is 2.10. The van der Waals surface area contributed by atoms with Crippen LogP contribution in [0.2, 0.25) is 0 Å². The van der Waals surface area contributed by atoms with Gasteiger partial charge in [-0.25, -0.2) is 9.59 Å². The molecular weight excluding hydrogens is 246 g/mol. The summed E-state index contributed by atoms with van der Waals surface area (Å²) in [5.41, 5.74) is 0.837. The van der Waals surface area contributed by atoms with E-state index in [1.807, 2.05) is 30.3 Å². The molecule has 19 heavy (non-hydrogen) atoms. The summed E-state index contributed by atoms with van der Waals surface area (Å²) in [5, 5.41) is 9.13. The first-order valence-corrected chi connectivity index (χ1v) is 6.39. The highest BCUT2D eigenvalue weighted by molar-refractivity contribution is 5.77. The molecule has 1 saturated heterocycles. The van der Waals surface area contributed by atoms with Crippen LogP contribution in [0, 0.1) is 0 Å². The maximum atomic E-state index is 11.8. The Hall–Kier alpha value is -2.04. The number of hydrogen-bond donors (Lipinski definition) is 1. The topological polar surface area (TPSA) is 66.8 Å². The zero-order valence-electron chi connectivity index (χ0n) is 10.6. The zero-order valence-corrected chi connectivity index (χ0v) is 10.6. The van der Waals surface area contributed by atoms with Gasteiger partial charge in [-0.3, -0.25) is 0 Å². The van der Waals surface area contributed by atoms with Crippen molar-refractivity contribution >= 4 is 12.1 Å². The lowest BCUT2D eigenvalue weighted by atomic mass is 10.1. The van der Waals surface area contributed by atoms with Crippen LogP contribution in [0.4, 0.5) is 4.79 Å². The highest BCUT2D eigenvalue weighted by atomic mass is 16.6. The first-order valence-electron chi connectivity index (χ1n) is 6.39. The number of carbonyl (C=O) groups is 2. The number of carbonyl (C=O) groups excluding carboxylic acids is 1. The molecule has 0 saturated carbocycles. The van der Waals surface area contributed by atoms with Crippen molar-refractivity contribution in [2.45, 2.75) is 25.4 Å². The van der Waals surface area contributed by atoms with Crippen LogP contribution in [0.25, 0.3) is 0 Å². The summed E-state index contributed by atoms with van der Waals surface area (Å²) >= 11 is 0. The van der Waals surface area contributed by atoms with E-state index in [1.165, 1.54) is 0 Å². The first kappa shape index (κ1) is 13.4. The van der Waals surface area contributed by atoms with Gasteiger partial charge in [0.1, 0.15) is 0 Å². The summed E-state index contributed by atoms with van der Waals surface area (Å²) in [6.45, 7) is 1.30. The van der Waals surface area contributed by atoms with E-state index in [4.69, 9.17) is 9.84 Å². The van der Waals surface area contributed by atoms with Crippen LogP contribution >= 0.6 is 0 Å². The van der Waals surface area contributed by atoms with Crippen molar-refractivity contribution in [3.8, 4) is 0 Å². The molecule has 1 fully saturated rings. The minimum atomic E-state index is -1.13. The smallest absolute Gasteiger partial charge is 0.410 e. The minimum absolute atomic E-state index is 0.190. The van der Waals surface area contributed by atoms with Gasteiger partial charge in [-0.1, -0.05) is 30.3 Å². The number of benzene rings is 1. The summed E-state index contributed by atoms with van der Waals surface area (Å²) in [5.74, 6) is -1.11. The number of aliphatic carboxylic acids is 1. The van der Waals surface area contributed by atoms with Gasteiger partial charge in [0.05, 0.1) is 0 Å². The fraction of sp³-hybridized carbons (Fsp3) is 0.429. The molecule has 1 N–H and O–H groups in total. The van der Waals surface area contributed by atoms with Crippen molar-refractivity contribution in [1.29, 1.82) is 0 Å². The van der Waals surface area contributed by atoms with Gasteiger partial charge in [-0.15, -0.1) is 0 Å². The number of nitrogens with zero attached hydrogens (tertiary/aromatic N) is 1. The largest absolute Gasteiger partial charge is 0.478 e. The Morgan fingerprint density at radius 2 is 1.84 bits per heavy atom. The molecule has 1 heterocycles. The molecule has 0 unspecified atom stereocenters. The van der Waals surface area contributed by atoms with Gasteiger partial charge in [0.15, 0.2) is 0 Å². The van der Waals surface area contributed by atoms with E-state index >= 15 is 0 Å². The third-order valence-corrected chi connectivity index (χ3v) is 3.15. The van der Waals surface area contributed by atoms with Gasteiger partial charge in [-0.05, 0) is 18.4 Å². The van der Waals surface area contributed by atoms with Crippen LogP contribution in [0.15, 0.2) is 30.3 Å². The second-order valence-electron chi connectivity index (χ2n) is 4.59. The highest BCUT2D eigenvalue weighted by Crippen LogP contribution is 2.12. The second kappa shape index (κ2) is 6.22. The Morgan fingerprint density at radius 1 is 1.21 bits per heavy atom. The Labute approximate surface area is 111 Å². The molecule has 1 amide bonds. The Balaban J connectivity index is 1.96. The van der Waals surface area contributed by atoms with E-state index in [1.54, 1.807) is 4.90 Å². The number of hydrogen-bond acceptors (Lipinski definition) is 3. The molecule has 0 radical (unpaired) electrons. The molecule has 5 heteroatoms. The van der Waals surface area contributed by atoms with Crippen LogP contribution in [0.5, 0.6) is 0 Å². The molecule has 2 rings (SSSR count). The van der Waals surface area contributed by atoms with Crippen molar-refractivity contribution in [3.05, 3.63) is 35.9 Å². The lowest BCUT2D eigenvalue weighted by molar-refractivity contribution is -0.147. The van der Waals surface area contributed by atoms with Crippen LogP contribution in [0.3, 0.4) is 0 Å². The SMILES string of the molecule is O=C(O)[C@@H](Cc1ccccc1)OC(=O)N1CCCC1. The van der Waals surface area contributed by atoms with Crippen LogP contribution in [0.1, 0.15) is 18.4 Å². The zero-order chi connectivity index (χ0) is 13.7. The maximum absolute atomic E-state index is 11.8. The van der Waals surface area contributed by atoms with Gasteiger partial charge in [0.25, 0.3) is 0 Å². The summed E-state index contributed by atoms with van der Waals surface area (Å²) in [7, 11) is 0. The van der Waals surface area contributed by atoms with Crippen molar-refractivity contribution < 1.29 is 19.4 Å². The van der Waals surface area contributed by atoms with E-state index in [0.717, 1.165) is 18.4 Å². The van der Waals surface area contributed by atoms with Crippen molar-refractivity contribution in [2.75, 3.05) is 13.1 Å². The molecule has 1 aliphatic heterocycles. The van der Waals surface area contributed by atoms with E-state index < -0.39 is 18.2 Å². The average molecular weight is 263 g/mol. The van der Waals surface area contributed by atoms with Crippen molar-refractivity contribution in [2.24, 2.45) is 0 Å². The highest BCUT2D eigenvalue weighted by Gasteiger charge is 2.27. The molecule has 1 aromatic rings. The van der Waals surface area contributed by atoms with Gasteiger partial charge in [0.2, 0.25) is 6.10 Å². The summed E-state index contributed by atoms with van der Waals surface area (Å²) in [6, 6.07) is 9.15. The van der Waals surface area contributed by atoms with Crippen LogP contribution in [-0.4, -0.2) is 41.3 Å². The molecule has 0 bridgehead atoms. The predicted molar refractivity (Wildman–Crippen MR) is 68.9 cm³/mol.